The van der Waals surface area contributed by atoms with E-state index >= 15 is 0 Å². The first kappa shape index (κ1) is 18.0. The third-order valence-electron chi connectivity index (χ3n) is 4.88. The first-order valence-electron chi connectivity index (χ1n) is 8.51. The summed E-state index contributed by atoms with van der Waals surface area (Å²) in [5.41, 5.74) is -0.701. The van der Waals surface area contributed by atoms with Crippen LogP contribution in [0.15, 0.2) is 0 Å². The van der Waals surface area contributed by atoms with E-state index in [2.05, 4.69) is 33.0 Å². The summed E-state index contributed by atoms with van der Waals surface area (Å²) in [4.78, 5) is 27.7. The molecule has 122 valence electrons. The molecule has 4 nitrogen and oxygen atoms in total. The highest BCUT2D eigenvalue weighted by Crippen LogP contribution is 2.30. The molecule has 0 saturated carbocycles. The van der Waals surface area contributed by atoms with Crippen LogP contribution in [-0.4, -0.2) is 34.3 Å². The number of carbonyl (C=O) groups is 2. The zero-order valence-corrected chi connectivity index (χ0v) is 14.5. The molecule has 0 aliphatic carbocycles. The second-order valence-electron chi connectivity index (χ2n) is 6.61. The van der Waals surface area contributed by atoms with Crippen molar-refractivity contribution in [1.29, 1.82) is 0 Å². The van der Waals surface area contributed by atoms with E-state index in [9.17, 15) is 9.59 Å². The SMILES string of the molecule is CCC(CC)N1C(=O)C(CC)(CC)NC(=O)C1CC(C)C. The number of piperazine rings is 1. The van der Waals surface area contributed by atoms with E-state index in [0.717, 1.165) is 19.3 Å². The van der Waals surface area contributed by atoms with Crippen LogP contribution in [0, 0.1) is 5.92 Å². The van der Waals surface area contributed by atoms with Crippen molar-refractivity contribution < 1.29 is 9.59 Å². The van der Waals surface area contributed by atoms with Gasteiger partial charge < -0.3 is 10.2 Å². The molecular weight excluding hydrogens is 264 g/mol. The van der Waals surface area contributed by atoms with E-state index in [1.807, 2.05) is 18.7 Å². The average Bonchev–Trinajstić information content (AvgIpc) is 2.46. The third kappa shape index (κ3) is 3.41. The molecule has 1 heterocycles. The second kappa shape index (κ2) is 7.28. The predicted molar refractivity (Wildman–Crippen MR) is 85.9 cm³/mol. The third-order valence-corrected chi connectivity index (χ3v) is 4.88. The second-order valence-corrected chi connectivity index (χ2v) is 6.61. The largest absolute Gasteiger partial charge is 0.340 e. The lowest BCUT2D eigenvalue weighted by atomic mass is 9.84. The summed E-state index contributed by atoms with van der Waals surface area (Å²) in [6.07, 6.45) is 3.83. The molecule has 1 fully saturated rings. The van der Waals surface area contributed by atoms with Gasteiger partial charge in [0.15, 0.2) is 0 Å². The molecule has 1 rings (SSSR count). The molecule has 0 radical (unpaired) electrons. The van der Waals surface area contributed by atoms with Gasteiger partial charge in [-0.15, -0.1) is 0 Å². The highest BCUT2D eigenvalue weighted by Gasteiger charge is 2.50. The quantitative estimate of drug-likeness (QED) is 0.785. The Morgan fingerprint density at radius 3 is 2.00 bits per heavy atom. The topological polar surface area (TPSA) is 49.4 Å². The van der Waals surface area contributed by atoms with Crippen LogP contribution in [0.25, 0.3) is 0 Å². The van der Waals surface area contributed by atoms with Crippen LogP contribution in [0.3, 0.4) is 0 Å². The summed E-state index contributed by atoms with van der Waals surface area (Å²) in [5.74, 6) is 0.534. The van der Waals surface area contributed by atoms with Gasteiger partial charge in [0.2, 0.25) is 11.8 Å². The normalized spacial score (nSPS) is 22.1. The van der Waals surface area contributed by atoms with Gasteiger partial charge in [0.05, 0.1) is 0 Å². The minimum Gasteiger partial charge on any atom is -0.340 e. The molecule has 1 N–H and O–H groups in total. The van der Waals surface area contributed by atoms with Crippen molar-refractivity contribution in [2.45, 2.75) is 91.3 Å². The molecule has 1 atom stereocenters. The summed E-state index contributed by atoms with van der Waals surface area (Å²) in [5, 5.41) is 3.04. The number of hydrogen-bond acceptors (Lipinski definition) is 2. The van der Waals surface area contributed by atoms with Gasteiger partial charge in [0.1, 0.15) is 11.6 Å². The standard InChI is InChI=1S/C17H32N2O2/c1-7-13(8-2)19-14(11-12(5)6)15(20)18-17(9-3,10-4)16(19)21/h12-14H,7-11H2,1-6H3,(H,18,20). The number of carbonyl (C=O) groups excluding carboxylic acids is 2. The van der Waals surface area contributed by atoms with E-state index in [4.69, 9.17) is 0 Å². The van der Waals surface area contributed by atoms with Gasteiger partial charge >= 0.3 is 0 Å². The summed E-state index contributed by atoms with van der Waals surface area (Å²) < 4.78 is 0. The molecule has 0 aromatic rings. The van der Waals surface area contributed by atoms with Gasteiger partial charge in [0, 0.05) is 6.04 Å². The molecule has 1 aliphatic heterocycles. The molecule has 0 bridgehead atoms. The van der Waals surface area contributed by atoms with Crippen LogP contribution in [0.5, 0.6) is 0 Å². The zero-order valence-electron chi connectivity index (χ0n) is 14.5. The molecular formula is C17H32N2O2. The van der Waals surface area contributed by atoms with Gasteiger partial charge in [-0.2, -0.15) is 0 Å². The minimum absolute atomic E-state index is 0.0268. The Hall–Kier alpha value is -1.06. The van der Waals surface area contributed by atoms with E-state index in [1.165, 1.54) is 0 Å². The van der Waals surface area contributed by atoms with Crippen molar-refractivity contribution in [1.82, 2.24) is 10.2 Å². The first-order valence-corrected chi connectivity index (χ1v) is 8.51. The lowest BCUT2D eigenvalue weighted by Crippen LogP contribution is -2.71. The van der Waals surface area contributed by atoms with E-state index in [0.29, 0.717) is 18.8 Å². The highest BCUT2D eigenvalue weighted by molar-refractivity contribution is 6.00. The fourth-order valence-corrected chi connectivity index (χ4v) is 3.39. The Kier molecular flexibility index (Phi) is 6.24. The van der Waals surface area contributed by atoms with Crippen molar-refractivity contribution in [3.8, 4) is 0 Å². The molecule has 0 aromatic heterocycles. The van der Waals surface area contributed by atoms with Crippen LogP contribution in [-0.2, 0) is 9.59 Å². The number of hydrogen-bond donors (Lipinski definition) is 1. The van der Waals surface area contributed by atoms with Crippen molar-refractivity contribution in [3.05, 3.63) is 0 Å². The Morgan fingerprint density at radius 2 is 1.62 bits per heavy atom. The van der Waals surface area contributed by atoms with Gasteiger partial charge in [-0.25, -0.2) is 0 Å². The monoisotopic (exact) mass is 296 g/mol. The Morgan fingerprint density at radius 1 is 1.10 bits per heavy atom. The smallest absolute Gasteiger partial charge is 0.249 e. The van der Waals surface area contributed by atoms with E-state index in [1.54, 1.807) is 0 Å². The predicted octanol–water partition coefficient (Wildman–Crippen LogP) is 3.11. The van der Waals surface area contributed by atoms with Crippen LogP contribution >= 0.6 is 0 Å². The Balaban J connectivity index is 3.22. The fourth-order valence-electron chi connectivity index (χ4n) is 3.39. The van der Waals surface area contributed by atoms with Gasteiger partial charge in [-0.3, -0.25) is 9.59 Å². The number of nitrogens with zero attached hydrogens (tertiary/aromatic N) is 1. The van der Waals surface area contributed by atoms with Crippen LogP contribution < -0.4 is 5.32 Å². The van der Waals surface area contributed by atoms with Crippen molar-refractivity contribution in [3.63, 3.8) is 0 Å². The zero-order chi connectivity index (χ0) is 16.2. The summed E-state index contributed by atoms with van der Waals surface area (Å²) >= 11 is 0. The van der Waals surface area contributed by atoms with Gasteiger partial charge in [0.25, 0.3) is 0 Å². The van der Waals surface area contributed by atoms with Gasteiger partial charge in [-0.1, -0.05) is 41.5 Å². The molecule has 2 amide bonds. The van der Waals surface area contributed by atoms with Crippen LogP contribution in [0.2, 0.25) is 0 Å². The maximum Gasteiger partial charge on any atom is 0.249 e. The highest BCUT2D eigenvalue weighted by atomic mass is 16.2. The lowest BCUT2D eigenvalue weighted by Gasteiger charge is -2.49. The van der Waals surface area contributed by atoms with Crippen molar-refractivity contribution >= 4 is 11.8 Å². The van der Waals surface area contributed by atoms with E-state index < -0.39 is 5.54 Å². The average molecular weight is 296 g/mol. The van der Waals surface area contributed by atoms with E-state index in [-0.39, 0.29) is 23.9 Å². The molecule has 21 heavy (non-hydrogen) atoms. The van der Waals surface area contributed by atoms with Crippen molar-refractivity contribution in [2.75, 3.05) is 0 Å². The minimum atomic E-state index is -0.701. The molecule has 1 unspecified atom stereocenters. The first-order chi connectivity index (χ1) is 9.86. The Labute approximate surface area is 129 Å². The molecule has 1 saturated heterocycles. The number of amides is 2. The number of rotatable bonds is 7. The Bertz CT molecular complexity index is 371. The maximum atomic E-state index is 13.1. The molecule has 1 aliphatic rings. The fraction of sp³-hybridized carbons (Fsp3) is 0.882. The van der Waals surface area contributed by atoms with Crippen LogP contribution in [0.1, 0.15) is 73.6 Å². The molecule has 0 spiro atoms. The summed E-state index contributed by atoms with van der Waals surface area (Å²) in [6.45, 7) is 12.4. The van der Waals surface area contributed by atoms with Gasteiger partial charge in [-0.05, 0) is 38.0 Å². The number of nitrogens with one attached hydrogen (secondary N) is 1. The lowest BCUT2D eigenvalue weighted by molar-refractivity contribution is -0.159. The molecule has 4 heteroatoms. The maximum absolute atomic E-state index is 13.1. The van der Waals surface area contributed by atoms with Crippen LogP contribution in [0.4, 0.5) is 0 Å². The van der Waals surface area contributed by atoms with Crippen molar-refractivity contribution in [2.24, 2.45) is 5.92 Å². The molecule has 0 aromatic carbocycles. The summed E-state index contributed by atoms with van der Waals surface area (Å²) in [6, 6.07) is -0.154. The summed E-state index contributed by atoms with van der Waals surface area (Å²) in [7, 11) is 0.